The molecule has 0 spiro atoms. The van der Waals surface area contributed by atoms with E-state index in [1.54, 1.807) is 0 Å². The highest BCUT2D eigenvalue weighted by atomic mass is 35.5. The predicted molar refractivity (Wildman–Crippen MR) is 85.7 cm³/mol. The Morgan fingerprint density at radius 2 is 1.95 bits per heavy atom. The second-order valence-corrected chi connectivity index (χ2v) is 5.42. The highest BCUT2D eigenvalue weighted by molar-refractivity contribution is 6.32. The first-order valence-electron chi connectivity index (χ1n) is 7.04. The lowest BCUT2D eigenvalue weighted by molar-refractivity contribution is 0.305. The molecule has 1 atom stereocenters. The molecule has 0 aliphatic heterocycles. The van der Waals surface area contributed by atoms with Gasteiger partial charge in [-0.05, 0) is 43.0 Å². The fourth-order valence-corrected chi connectivity index (χ4v) is 2.35. The summed E-state index contributed by atoms with van der Waals surface area (Å²) in [4.78, 5) is 0. The van der Waals surface area contributed by atoms with Crippen LogP contribution in [-0.4, -0.2) is 6.61 Å². The van der Waals surface area contributed by atoms with Crippen molar-refractivity contribution >= 4 is 11.6 Å². The monoisotopic (exact) mass is 299 g/mol. The topological polar surface area (TPSA) is 33.0 Å². The highest BCUT2D eigenvalue weighted by Gasteiger charge is 2.10. The lowest BCUT2D eigenvalue weighted by Crippen LogP contribution is -2.02. The lowest BCUT2D eigenvalue weighted by atomic mass is 9.96. The van der Waals surface area contributed by atoms with E-state index in [0.29, 0.717) is 17.4 Å². The Labute approximate surface area is 130 Å². The van der Waals surface area contributed by atoms with Crippen LogP contribution in [-0.2, 0) is 0 Å². The van der Waals surface area contributed by atoms with E-state index in [1.165, 1.54) is 0 Å². The fraction of sp³-hybridized carbons (Fsp3) is 0.278. The fourth-order valence-electron chi connectivity index (χ4n) is 2.18. The Balaban J connectivity index is 1.84. The third-order valence-electron chi connectivity index (χ3n) is 3.34. The molecule has 2 nitrogen and oxygen atoms in total. The van der Waals surface area contributed by atoms with Gasteiger partial charge in [0.1, 0.15) is 5.75 Å². The molecule has 2 rings (SSSR count). The zero-order chi connectivity index (χ0) is 15.1. The van der Waals surface area contributed by atoms with Gasteiger partial charge >= 0.3 is 0 Å². The second-order valence-electron chi connectivity index (χ2n) is 5.02. The number of benzene rings is 2. The van der Waals surface area contributed by atoms with E-state index >= 15 is 0 Å². The van der Waals surface area contributed by atoms with Crippen LogP contribution in [0.4, 0.5) is 0 Å². The van der Waals surface area contributed by atoms with Crippen molar-refractivity contribution in [3.8, 4) is 11.8 Å². The van der Waals surface area contributed by atoms with E-state index in [9.17, 15) is 5.26 Å². The Morgan fingerprint density at radius 3 is 2.67 bits per heavy atom. The van der Waals surface area contributed by atoms with Crippen LogP contribution in [0.25, 0.3) is 0 Å². The Hall–Kier alpha value is -1.98. The molecule has 2 aromatic rings. The van der Waals surface area contributed by atoms with Crippen LogP contribution in [0.3, 0.4) is 0 Å². The molecule has 0 aliphatic rings. The van der Waals surface area contributed by atoms with Gasteiger partial charge in [0.2, 0.25) is 0 Å². The summed E-state index contributed by atoms with van der Waals surface area (Å²) in [5.74, 6) is 0.632. The van der Waals surface area contributed by atoms with Gasteiger partial charge in [0.05, 0.1) is 23.6 Å². The molecule has 21 heavy (non-hydrogen) atoms. The molecule has 0 aliphatic carbocycles. The van der Waals surface area contributed by atoms with Crippen molar-refractivity contribution in [2.45, 2.75) is 25.7 Å². The normalized spacial score (nSPS) is 11.7. The van der Waals surface area contributed by atoms with E-state index < -0.39 is 0 Å². The van der Waals surface area contributed by atoms with Crippen molar-refractivity contribution in [3.05, 3.63) is 64.7 Å². The van der Waals surface area contributed by atoms with Gasteiger partial charge in [-0.25, -0.2) is 0 Å². The van der Waals surface area contributed by atoms with E-state index in [4.69, 9.17) is 16.3 Å². The minimum absolute atomic E-state index is 0.0808. The van der Waals surface area contributed by atoms with Gasteiger partial charge < -0.3 is 4.74 Å². The molecule has 0 amide bonds. The molecular formula is C18H18ClNO. The lowest BCUT2D eigenvalue weighted by Gasteiger charge is -2.11. The average Bonchev–Trinajstić information content (AvgIpc) is 2.51. The van der Waals surface area contributed by atoms with Crippen molar-refractivity contribution in [3.63, 3.8) is 0 Å². The summed E-state index contributed by atoms with van der Waals surface area (Å²) in [5.41, 5.74) is 2.18. The quantitative estimate of drug-likeness (QED) is 0.694. The zero-order valence-electron chi connectivity index (χ0n) is 12.1. The largest absolute Gasteiger partial charge is 0.492 e. The van der Waals surface area contributed by atoms with Crippen molar-refractivity contribution in [1.82, 2.24) is 0 Å². The van der Waals surface area contributed by atoms with Crippen LogP contribution in [0.2, 0.25) is 5.02 Å². The molecule has 0 fully saturated rings. The average molecular weight is 300 g/mol. The molecule has 0 saturated carbocycles. The molecule has 0 bridgehead atoms. The standard InChI is InChI=1S/C18H18ClNO/c1-14-9-10-17(19)18(12-14)21-11-5-8-16(13-20)15-6-3-2-4-7-15/h2-4,6-7,9-10,12,16H,5,8,11H2,1H3. The number of halogens is 1. The molecule has 0 radical (unpaired) electrons. The van der Waals surface area contributed by atoms with Gasteiger partial charge in [0.25, 0.3) is 0 Å². The summed E-state index contributed by atoms with van der Waals surface area (Å²) in [6.07, 6.45) is 1.60. The summed E-state index contributed by atoms with van der Waals surface area (Å²) < 4.78 is 5.71. The van der Waals surface area contributed by atoms with Gasteiger partial charge in [-0.15, -0.1) is 0 Å². The first kappa shape index (κ1) is 15.4. The van der Waals surface area contributed by atoms with E-state index in [1.807, 2.05) is 55.5 Å². The van der Waals surface area contributed by atoms with Crippen molar-refractivity contribution in [2.75, 3.05) is 6.61 Å². The Bertz CT molecular complexity index is 619. The second kappa shape index (κ2) is 7.71. The first-order chi connectivity index (χ1) is 10.2. The Kier molecular flexibility index (Phi) is 5.66. The summed E-state index contributed by atoms with van der Waals surface area (Å²) in [5, 5.41) is 9.89. The third kappa shape index (κ3) is 4.51. The number of hydrogen-bond donors (Lipinski definition) is 0. The van der Waals surface area contributed by atoms with Crippen LogP contribution in [0, 0.1) is 18.3 Å². The van der Waals surface area contributed by atoms with E-state index in [-0.39, 0.29) is 5.92 Å². The minimum atomic E-state index is -0.0808. The molecule has 0 N–H and O–H groups in total. The number of aryl methyl sites for hydroxylation is 1. The summed E-state index contributed by atoms with van der Waals surface area (Å²) >= 11 is 6.08. The van der Waals surface area contributed by atoms with Crippen molar-refractivity contribution < 1.29 is 4.74 Å². The molecule has 0 heterocycles. The zero-order valence-corrected chi connectivity index (χ0v) is 12.8. The SMILES string of the molecule is Cc1ccc(Cl)c(OCCCC(C#N)c2ccccc2)c1. The van der Waals surface area contributed by atoms with Crippen molar-refractivity contribution in [2.24, 2.45) is 0 Å². The van der Waals surface area contributed by atoms with Gasteiger partial charge in [-0.3, -0.25) is 0 Å². The molecule has 0 aromatic heterocycles. The smallest absolute Gasteiger partial charge is 0.138 e. The molecule has 3 heteroatoms. The van der Waals surface area contributed by atoms with Crippen LogP contribution < -0.4 is 4.74 Å². The van der Waals surface area contributed by atoms with Crippen LogP contribution >= 0.6 is 11.6 Å². The predicted octanol–water partition coefficient (Wildman–Crippen LogP) is 5.11. The number of ether oxygens (including phenoxy) is 1. The van der Waals surface area contributed by atoms with Crippen LogP contribution in [0.1, 0.15) is 29.9 Å². The molecule has 108 valence electrons. The summed E-state index contributed by atoms with van der Waals surface area (Å²) in [7, 11) is 0. The molecular weight excluding hydrogens is 282 g/mol. The summed E-state index contributed by atoms with van der Waals surface area (Å²) in [6, 6.07) is 17.9. The molecule has 0 saturated heterocycles. The van der Waals surface area contributed by atoms with Crippen LogP contribution in [0.5, 0.6) is 5.75 Å². The number of hydrogen-bond acceptors (Lipinski definition) is 2. The van der Waals surface area contributed by atoms with Gasteiger partial charge in [-0.2, -0.15) is 5.26 Å². The summed E-state index contributed by atoms with van der Waals surface area (Å²) in [6.45, 7) is 2.57. The Morgan fingerprint density at radius 1 is 1.19 bits per heavy atom. The van der Waals surface area contributed by atoms with Gasteiger partial charge in [0, 0.05) is 0 Å². The third-order valence-corrected chi connectivity index (χ3v) is 3.65. The number of rotatable bonds is 6. The minimum Gasteiger partial charge on any atom is -0.492 e. The number of nitriles is 1. The van der Waals surface area contributed by atoms with E-state index in [0.717, 1.165) is 24.0 Å². The molecule has 1 unspecified atom stereocenters. The maximum absolute atomic E-state index is 9.26. The first-order valence-corrected chi connectivity index (χ1v) is 7.42. The van der Waals surface area contributed by atoms with Gasteiger partial charge in [0.15, 0.2) is 0 Å². The van der Waals surface area contributed by atoms with Gasteiger partial charge in [-0.1, -0.05) is 48.0 Å². The number of nitrogens with zero attached hydrogens (tertiary/aromatic N) is 1. The van der Waals surface area contributed by atoms with Crippen LogP contribution in [0.15, 0.2) is 48.5 Å². The van der Waals surface area contributed by atoms with E-state index in [2.05, 4.69) is 6.07 Å². The maximum Gasteiger partial charge on any atom is 0.138 e. The highest BCUT2D eigenvalue weighted by Crippen LogP contribution is 2.26. The maximum atomic E-state index is 9.26. The molecule has 2 aromatic carbocycles. The van der Waals surface area contributed by atoms with Crippen molar-refractivity contribution in [1.29, 1.82) is 5.26 Å².